The Bertz CT molecular complexity index is 541. The van der Waals surface area contributed by atoms with Crippen molar-refractivity contribution in [2.24, 2.45) is 0 Å². The van der Waals surface area contributed by atoms with Gasteiger partial charge >= 0.3 is 5.97 Å². The molecule has 1 aromatic heterocycles. The van der Waals surface area contributed by atoms with Crippen molar-refractivity contribution in [1.82, 2.24) is 19.9 Å². The molecule has 2 heterocycles. The maximum atomic E-state index is 12.1. The molecule has 21 heavy (non-hydrogen) atoms. The lowest BCUT2D eigenvalue weighted by atomic mass is 9.90. The zero-order valence-corrected chi connectivity index (χ0v) is 13.0. The van der Waals surface area contributed by atoms with Crippen molar-refractivity contribution in [3.8, 4) is 0 Å². The second-order valence-corrected chi connectivity index (χ2v) is 6.15. The van der Waals surface area contributed by atoms with Crippen molar-refractivity contribution in [3.63, 3.8) is 0 Å². The van der Waals surface area contributed by atoms with E-state index in [2.05, 4.69) is 10.3 Å². The Morgan fingerprint density at radius 3 is 2.43 bits per heavy atom. The van der Waals surface area contributed by atoms with Crippen molar-refractivity contribution in [1.29, 1.82) is 0 Å². The Morgan fingerprint density at radius 1 is 1.29 bits per heavy atom. The summed E-state index contributed by atoms with van der Waals surface area (Å²) < 4.78 is 6.53. The third-order valence-corrected chi connectivity index (χ3v) is 3.41. The van der Waals surface area contributed by atoms with Crippen LogP contribution in [-0.2, 0) is 21.5 Å². The molecule has 0 bridgehead atoms. The summed E-state index contributed by atoms with van der Waals surface area (Å²) in [6.07, 6.45) is 1.04. The molecule has 0 aliphatic carbocycles. The van der Waals surface area contributed by atoms with E-state index in [1.54, 1.807) is 11.8 Å². The van der Waals surface area contributed by atoms with Gasteiger partial charge in [-0.2, -0.15) is 0 Å². The zero-order chi connectivity index (χ0) is 15.6. The number of nitrogens with zero attached hydrogens (tertiary/aromatic N) is 4. The minimum Gasteiger partial charge on any atom is -0.461 e. The number of carbonyl (C=O) groups excluding carboxylic acids is 2. The Hall–Kier alpha value is -1.92. The van der Waals surface area contributed by atoms with E-state index in [9.17, 15) is 9.59 Å². The summed E-state index contributed by atoms with van der Waals surface area (Å²) in [6, 6.07) is 0. The largest absolute Gasteiger partial charge is 0.461 e. The van der Waals surface area contributed by atoms with E-state index in [0.29, 0.717) is 5.69 Å². The van der Waals surface area contributed by atoms with Crippen LogP contribution < -0.4 is 0 Å². The molecule has 116 valence electrons. The van der Waals surface area contributed by atoms with Gasteiger partial charge in [0.15, 0.2) is 5.69 Å². The quantitative estimate of drug-likeness (QED) is 0.774. The maximum absolute atomic E-state index is 12.1. The van der Waals surface area contributed by atoms with Crippen LogP contribution in [0.25, 0.3) is 0 Å². The fourth-order valence-electron chi connectivity index (χ4n) is 2.30. The topological polar surface area (TPSA) is 77.3 Å². The summed E-state index contributed by atoms with van der Waals surface area (Å²) in [5.41, 5.74) is 0.469. The van der Waals surface area contributed by atoms with Crippen molar-refractivity contribution in [3.05, 3.63) is 11.4 Å². The van der Waals surface area contributed by atoms with Crippen LogP contribution in [-0.4, -0.2) is 51.5 Å². The zero-order valence-electron chi connectivity index (χ0n) is 13.0. The van der Waals surface area contributed by atoms with Crippen LogP contribution in [0, 0.1) is 0 Å². The summed E-state index contributed by atoms with van der Waals surface area (Å²) in [6.45, 7) is 9.59. The van der Waals surface area contributed by atoms with Gasteiger partial charge in [-0.05, 0) is 13.3 Å². The van der Waals surface area contributed by atoms with Gasteiger partial charge in [0.05, 0.1) is 12.3 Å². The van der Waals surface area contributed by atoms with E-state index < -0.39 is 5.97 Å². The predicted octanol–water partition coefficient (Wildman–Crippen LogP) is 0.985. The first-order chi connectivity index (χ1) is 9.84. The van der Waals surface area contributed by atoms with E-state index in [0.717, 1.165) is 19.5 Å². The summed E-state index contributed by atoms with van der Waals surface area (Å²) in [4.78, 5) is 25.9. The molecular weight excluding hydrogens is 272 g/mol. The van der Waals surface area contributed by atoms with Gasteiger partial charge in [-0.1, -0.05) is 26.0 Å². The minimum atomic E-state index is -0.495. The first-order valence-corrected chi connectivity index (χ1v) is 7.23. The van der Waals surface area contributed by atoms with Crippen LogP contribution in [0.3, 0.4) is 0 Å². The smallest absolute Gasteiger partial charge is 0.360 e. The highest BCUT2D eigenvalue weighted by Crippen LogP contribution is 2.25. The lowest BCUT2D eigenvalue weighted by molar-refractivity contribution is -0.135. The average Bonchev–Trinajstić information content (AvgIpc) is 2.70. The van der Waals surface area contributed by atoms with Crippen LogP contribution in [0.2, 0.25) is 0 Å². The Labute approximate surface area is 124 Å². The molecule has 0 spiro atoms. The van der Waals surface area contributed by atoms with E-state index in [-0.39, 0.29) is 30.2 Å². The number of likely N-dealkylation sites (tertiary alicyclic amines) is 1. The van der Waals surface area contributed by atoms with Gasteiger partial charge in [0.25, 0.3) is 0 Å². The third-order valence-electron chi connectivity index (χ3n) is 3.41. The second-order valence-electron chi connectivity index (χ2n) is 6.15. The fourth-order valence-corrected chi connectivity index (χ4v) is 2.30. The molecule has 0 saturated carbocycles. The molecule has 1 aliphatic rings. The van der Waals surface area contributed by atoms with Crippen molar-refractivity contribution >= 4 is 11.9 Å². The van der Waals surface area contributed by atoms with E-state index in [1.165, 1.54) is 4.68 Å². The SMILES string of the molecule is CCOC(=O)c1nnn(CC(=O)N2CCC2)c1C(C)(C)C. The fraction of sp³-hybridized carbons (Fsp3) is 0.714. The molecular formula is C14H22N4O3. The van der Waals surface area contributed by atoms with Gasteiger partial charge in [-0.15, -0.1) is 5.10 Å². The van der Waals surface area contributed by atoms with Crippen molar-refractivity contribution < 1.29 is 14.3 Å². The lowest BCUT2D eigenvalue weighted by Crippen LogP contribution is -2.44. The molecule has 0 unspecified atom stereocenters. The van der Waals surface area contributed by atoms with Gasteiger partial charge < -0.3 is 9.64 Å². The summed E-state index contributed by atoms with van der Waals surface area (Å²) >= 11 is 0. The Balaban J connectivity index is 2.28. The third kappa shape index (κ3) is 3.22. The monoisotopic (exact) mass is 294 g/mol. The van der Waals surface area contributed by atoms with Crippen LogP contribution in [0.15, 0.2) is 0 Å². The molecule has 0 aromatic carbocycles. The summed E-state index contributed by atoms with van der Waals surface area (Å²) in [5, 5.41) is 7.91. The number of hydrogen-bond donors (Lipinski definition) is 0. The first kappa shape index (κ1) is 15.5. The number of amides is 1. The summed E-state index contributed by atoms with van der Waals surface area (Å²) in [5.74, 6) is -0.489. The van der Waals surface area contributed by atoms with Crippen LogP contribution >= 0.6 is 0 Å². The number of carbonyl (C=O) groups is 2. The van der Waals surface area contributed by atoms with Crippen molar-refractivity contribution in [2.75, 3.05) is 19.7 Å². The van der Waals surface area contributed by atoms with E-state index >= 15 is 0 Å². The van der Waals surface area contributed by atoms with Gasteiger partial charge in [0.2, 0.25) is 5.91 Å². The standard InChI is InChI=1S/C14H22N4O3/c1-5-21-13(20)11-12(14(2,3)4)18(16-15-11)9-10(19)17-7-6-8-17/h5-9H2,1-4H3. The first-order valence-electron chi connectivity index (χ1n) is 7.23. The number of hydrogen-bond acceptors (Lipinski definition) is 5. The maximum Gasteiger partial charge on any atom is 0.360 e. The number of rotatable bonds is 4. The van der Waals surface area contributed by atoms with Crippen molar-refractivity contribution in [2.45, 2.75) is 46.1 Å². The second kappa shape index (κ2) is 5.83. The molecule has 1 aliphatic heterocycles. The molecule has 0 N–H and O–H groups in total. The average molecular weight is 294 g/mol. The Morgan fingerprint density at radius 2 is 1.95 bits per heavy atom. The highest BCUT2D eigenvalue weighted by Gasteiger charge is 2.31. The molecule has 1 saturated heterocycles. The molecule has 1 fully saturated rings. The molecule has 0 radical (unpaired) electrons. The summed E-state index contributed by atoms with van der Waals surface area (Å²) in [7, 11) is 0. The Kier molecular flexibility index (Phi) is 4.29. The number of ether oxygens (including phenoxy) is 1. The minimum absolute atomic E-state index is 0.00654. The van der Waals surface area contributed by atoms with Crippen LogP contribution in [0.1, 0.15) is 50.3 Å². The normalized spacial score (nSPS) is 14.8. The molecule has 2 rings (SSSR count). The molecule has 7 heteroatoms. The predicted molar refractivity (Wildman–Crippen MR) is 75.9 cm³/mol. The molecule has 1 aromatic rings. The van der Waals surface area contributed by atoms with Gasteiger partial charge in [0, 0.05) is 18.5 Å². The molecule has 1 amide bonds. The molecule has 7 nitrogen and oxygen atoms in total. The highest BCUT2D eigenvalue weighted by molar-refractivity contribution is 5.89. The number of esters is 1. The van der Waals surface area contributed by atoms with Gasteiger partial charge in [0.1, 0.15) is 6.54 Å². The highest BCUT2D eigenvalue weighted by atomic mass is 16.5. The van der Waals surface area contributed by atoms with Gasteiger partial charge in [-0.25, -0.2) is 9.48 Å². The molecule has 0 atom stereocenters. The van der Waals surface area contributed by atoms with Crippen LogP contribution in [0.5, 0.6) is 0 Å². The van der Waals surface area contributed by atoms with E-state index in [4.69, 9.17) is 4.74 Å². The lowest BCUT2D eigenvalue weighted by Gasteiger charge is -2.31. The van der Waals surface area contributed by atoms with Gasteiger partial charge in [-0.3, -0.25) is 4.79 Å². The number of aromatic nitrogens is 3. The van der Waals surface area contributed by atoms with E-state index in [1.807, 2.05) is 20.8 Å². The van der Waals surface area contributed by atoms with Crippen LogP contribution in [0.4, 0.5) is 0 Å².